The molecule has 136 valence electrons. The molecule has 1 aromatic carbocycles. The monoisotopic (exact) mass is 370 g/mol. The molecule has 1 N–H and O–H groups in total. The van der Waals surface area contributed by atoms with Crippen LogP contribution in [0.2, 0.25) is 0 Å². The Hall–Kier alpha value is -2.54. The number of furan rings is 1. The molecule has 0 aliphatic carbocycles. The first-order valence-electron chi connectivity index (χ1n) is 8.46. The summed E-state index contributed by atoms with van der Waals surface area (Å²) in [6, 6.07) is 11.6. The summed E-state index contributed by atoms with van der Waals surface area (Å²) in [6.07, 6.45) is 1.59. The van der Waals surface area contributed by atoms with Crippen molar-refractivity contribution < 1.29 is 9.21 Å². The van der Waals surface area contributed by atoms with E-state index in [-0.39, 0.29) is 11.2 Å². The Labute approximate surface area is 157 Å². The predicted octanol–water partition coefficient (Wildman–Crippen LogP) is 4.32. The zero-order valence-electron chi connectivity index (χ0n) is 15.3. The maximum absolute atomic E-state index is 12.5. The van der Waals surface area contributed by atoms with E-state index in [0.29, 0.717) is 22.7 Å². The summed E-state index contributed by atoms with van der Waals surface area (Å²) in [5.74, 6) is 1.67. The average molecular weight is 370 g/mol. The molecule has 0 spiro atoms. The minimum absolute atomic E-state index is 0.0742. The van der Waals surface area contributed by atoms with E-state index in [1.807, 2.05) is 48.9 Å². The highest BCUT2D eigenvalue weighted by Gasteiger charge is 2.20. The van der Waals surface area contributed by atoms with Crippen LogP contribution in [0.25, 0.3) is 11.6 Å². The summed E-state index contributed by atoms with van der Waals surface area (Å²) in [4.78, 5) is 12.5. The minimum atomic E-state index is -0.313. The molecule has 26 heavy (non-hydrogen) atoms. The quantitative estimate of drug-likeness (QED) is 0.654. The van der Waals surface area contributed by atoms with E-state index >= 15 is 0 Å². The lowest BCUT2D eigenvalue weighted by Crippen LogP contribution is -2.22. The summed E-state index contributed by atoms with van der Waals surface area (Å²) >= 11 is 1.36. The number of hydrogen-bond donors (Lipinski definition) is 1. The number of carbonyl (C=O) groups is 1. The maximum atomic E-state index is 12.5. The van der Waals surface area contributed by atoms with E-state index in [2.05, 4.69) is 29.4 Å². The first-order chi connectivity index (χ1) is 12.5. The number of carbonyl (C=O) groups excluding carboxylic acids is 1. The Morgan fingerprint density at radius 1 is 1.15 bits per heavy atom. The molecular formula is C19H22N4O2S. The van der Waals surface area contributed by atoms with Crippen LogP contribution < -0.4 is 5.32 Å². The van der Waals surface area contributed by atoms with Crippen LogP contribution in [0, 0.1) is 0 Å². The van der Waals surface area contributed by atoms with Crippen molar-refractivity contribution in [1.29, 1.82) is 0 Å². The van der Waals surface area contributed by atoms with Crippen molar-refractivity contribution in [3.05, 3.63) is 48.2 Å². The molecule has 0 unspecified atom stereocenters. The lowest BCUT2D eigenvalue weighted by molar-refractivity contribution is -0.115. The third kappa shape index (κ3) is 3.99. The van der Waals surface area contributed by atoms with Gasteiger partial charge in [0.15, 0.2) is 16.7 Å². The number of hydrogen-bond acceptors (Lipinski definition) is 5. The molecule has 1 amide bonds. The largest absolute Gasteiger partial charge is 0.461 e. The second kappa shape index (κ2) is 7.78. The standard InChI is InChI=1S/C19H22N4O2S/c1-12(2)14-7-9-15(10-8-14)20-18(24)13(3)26-19-22-21-17(23(19)4)16-6-5-11-25-16/h5-13H,1-4H3,(H,20,24)/t13-/m1/s1. The van der Waals surface area contributed by atoms with Gasteiger partial charge < -0.3 is 14.3 Å². The smallest absolute Gasteiger partial charge is 0.237 e. The van der Waals surface area contributed by atoms with Gasteiger partial charge in [-0.1, -0.05) is 37.7 Å². The number of rotatable bonds is 6. The predicted molar refractivity (Wildman–Crippen MR) is 103 cm³/mol. The summed E-state index contributed by atoms with van der Waals surface area (Å²) in [6.45, 7) is 6.14. The van der Waals surface area contributed by atoms with Gasteiger partial charge in [-0.3, -0.25) is 4.79 Å². The van der Waals surface area contributed by atoms with Crippen molar-refractivity contribution in [1.82, 2.24) is 14.8 Å². The molecule has 0 radical (unpaired) electrons. The van der Waals surface area contributed by atoms with Gasteiger partial charge in [0, 0.05) is 12.7 Å². The molecule has 3 aromatic rings. The second-order valence-corrected chi connectivity index (χ2v) is 7.68. The van der Waals surface area contributed by atoms with Crippen LogP contribution in [0.4, 0.5) is 5.69 Å². The van der Waals surface area contributed by atoms with Crippen LogP contribution in [-0.2, 0) is 11.8 Å². The van der Waals surface area contributed by atoms with E-state index in [9.17, 15) is 4.79 Å². The number of nitrogens with one attached hydrogen (secondary N) is 1. The molecule has 3 rings (SSSR count). The van der Waals surface area contributed by atoms with Crippen molar-refractivity contribution in [3.63, 3.8) is 0 Å². The Balaban J connectivity index is 1.64. The third-order valence-corrected chi connectivity index (χ3v) is 5.21. The van der Waals surface area contributed by atoms with Gasteiger partial charge in [-0.05, 0) is 42.7 Å². The number of anilines is 1. The Kier molecular flexibility index (Phi) is 5.46. The normalized spacial score (nSPS) is 12.3. The van der Waals surface area contributed by atoms with Gasteiger partial charge in [0.2, 0.25) is 5.91 Å². The van der Waals surface area contributed by atoms with Gasteiger partial charge in [0.1, 0.15) is 0 Å². The van der Waals surface area contributed by atoms with Crippen LogP contribution in [-0.4, -0.2) is 25.9 Å². The Bertz CT molecular complexity index is 870. The zero-order chi connectivity index (χ0) is 18.7. The molecule has 0 bridgehead atoms. The number of aromatic nitrogens is 3. The van der Waals surface area contributed by atoms with Crippen molar-refractivity contribution >= 4 is 23.4 Å². The summed E-state index contributed by atoms with van der Waals surface area (Å²) < 4.78 is 7.18. The molecule has 0 saturated heterocycles. The Morgan fingerprint density at radius 2 is 1.88 bits per heavy atom. The van der Waals surface area contributed by atoms with E-state index in [1.165, 1.54) is 17.3 Å². The van der Waals surface area contributed by atoms with Crippen LogP contribution in [0.1, 0.15) is 32.3 Å². The molecular weight excluding hydrogens is 348 g/mol. The van der Waals surface area contributed by atoms with Crippen molar-refractivity contribution in [2.24, 2.45) is 7.05 Å². The van der Waals surface area contributed by atoms with Crippen LogP contribution >= 0.6 is 11.8 Å². The molecule has 0 aliphatic heterocycles. The number of amides is 1. The van der Waals surface area contributed by atoms with Crippen molar-refractivity contribution in [2.45, 2.75) is 37.1 Å². The maximum Gasteiger partial charge on any atom is 0.237 e. The Morgan fingerprint density at radius 3 is 2.50 bits per heavy atom. The minimum Gasteiger partial charge on any atom is -0.461 e. The van der Waals surface area contributed by atoms with Crippen LogP contribution in [0.15, 0.2) is 52.2 Å². The van der Waals surface area contributed by atoms with Gasteiger partial charge in [-0.2, -0.15) is 0 Å². The number of nitrogens with zero attached hydrogens (tertiary/aromatic N) is 3. The fraction of sp³-hybridized carbons (Fsp3) is 0.316. The first kappa shape index (κ1) is 18.3. The summed E-state index contributed by atoms with van der Waals surface area (Å²) in [5, 5.41) is 11.6. The lowest BCUT2D eigenvalue weighted by Gasteiger charge is -2.12. The molecule has 2 heterocycles. The summed E-state index contributed by atoms with van der Waals surface area (Å²) in [5.41, 5.74) is 2.04. The van der Waals surface area contributed by atoms with E-state index < -0.39 is 0 Å². The summed E-state index contributed by atoms with van der Waals surface area (Å²) in [7, 11) is 1.86. The molecule has 0 fully saturated rings. The fourth-order valence-corrected chi connectivity index (χ4v) is 3.26. The molecule has 7 heteroatoms. The van der Waals surface area contributed by atoms with Crippen LogP contribution in [0.5, 0.6) is 0 Å². The zero-order valence-corrected chi connectivity index (χ0v) is 16.1. The van der Waals surface area contributed by atoms with E-state index in [4.69, 9.17) is 4.42 Å². The van der Waals surface area contributed by atoms with E-state index in [1.54, 1.807) is 12.3 Å². The molecule has 0 aliphatic rings. The molecule has 0 saturated carbocycles. The fourth-order valence-electron chi connectivity index (χ4n) is 2.44. The van der Waals surface area contributed by atoms with Crippen LogP contribution in [0.3, 0.4) is 0 Å². The van der Waals surface area contributed by atoms with Crippen molar-refractivity contribution in [3.8, 4) is 11.6 Å². The molecule has 6 nitrogen and oxygen atoms in total. The number of thioether (sulfide) groups is 1. The van der Waals surface area contributed by atoms with Gasteiger partial charge >= 0.3 is 0 Å². The highest BCUT2D eigenvalue weighted by molar-refractivity contribution is 8.00. The first-order valence-corrected chi connectivity index (χ1v) is 9.34. The SMILES string of the molecule is CC(C)c1ccc(NC(=O)[C@@H](C)Sc2nnc(-c3ccco3)n2C)cc1. The lowest BCUT2D eigenvalue weighted by atomic mass is 10.0. The second-order valence-electron chi connectivity index (χ2n) is 6.37. The van der Waals surface area contributed by atoms with Gasteiger partial charge in [-0.25, -0.2) is 0 Å². The third-order valence-electron chi connectivity index (χ3n) is 4.07. The molecule has 1 atom stereocenters. The number of benzene rings is 1. The average Bonchev–Trinajstić information content (AvgIpc) is 3.26. The van der Waals surface area contributed by atoms with Gasteiger partial charge in [-0.15, -0.1) is 10.2 Å². The van der Waals surface area contributed by atoms with Gasteiger partial charge in [0.25, 0.3) is 0 Å². The highest BCUT2D eigenvalue weighted by Crippen LogP contribution is 2.26. The van der Waals surface area contributed by atoms with Gasteiger partial charge in [0.05, 0.1) is 11.5 Å². The highest BCUT2D eigenvalue weighted by atomic mass is 32.2. The molecule has 2 aromatic heterocycles. The van der Waals surface area contributed by atoms with E-state index in [0.717, 1.165) is 5.69 Å². The van der Waals surface area contributed by atoms with Crippen molar-refractivity contribution in [2.75, 3.05) is 5.32 Å². The topological polar surface area (TPSA) is 73.0 Å².